The summed E-state index contributed by atoms with van der Waals surface area (Å²) < 4.78 is 12.5. The van der Waals surface area contributed by atoms with Crippen LogP contribution in [0.5, 0.6) is 5.75 Å². The third kappa shape index (κ3) is 2.75. The van der Waals surface area contributed by atoms with Crippen LogP contribution in [0.3, 0.4) is 0 Å². The molecule has 0 spiro atoms. The molecule has 0 aliphatic carbocycles. The van der Waals surface area contributed by atoms with Crippen molar-refractivity contribution in [2.75, 3.05) is 6.73 Å². The fourth-order valence-electron chi connectivity index (χ4n) is 4.63. The van der Waals surface area contributed by atoms with E-state index in [0.717, 1.165) is 39.6 Å². The Morgan fingerprint density at radius 2 is 1.72 bits per heavy atom. The number of ketones is 1. The molecule has 0 saturated heterocycles. The van der Waals surface area contributed by atoms with Crippen LogP contribution in [-0.2, 0) is 6.54 Å². The zero-order valence-electron chi connectivity index (χ0n) is 16.9. The summed E-state index contributed by atoms with van der Waals surface area (Å²) in [5, 5.41) is 2.96. The van der Waals surface area contributed by atoms with Crippen LogP contribution in [0.25, 0.3) is 21.7 Å². The van der Waals surface area contributed by atoms with E-state index >= 15 is 0 Å². The minimum absolute atomic E-state index is 0.0296. The molecule has 146 valence electrons. The molecule has 0 bridgehead atoms. The van der Waals surface area contributed by atoms with Gasteiger partial charge in [0.2, 0.25) is 6.73 Å². The second-order valence-corrected chi connectivity index (χ2v) is 7.90. The van der Waals surface area contributed by atoms with Crippen LogP contribution in [0.1, 0.15) is 47.1 Å². The summed E-state index contributed by atoms with van der Waals surface area (Å²) in [7, 11) is 0. The second kappa shape index (κ2) is 6.75. The van der Waals surface area contributed by atoms with Crippen molar-refractivity contribution < 1.29 is 18.8 Å². The van der Waals surface area contributed by atoms with Gasteiger partial charge < -0.3 is 9.15 Å². The SMILES string of the molecule is CC(=O)c1c(C)oc2c1c1c(c3ccccc32)OC[NH+](C(C)c2ccccc2)C1. The molecule has 0 radical (unpaired) electrons. The summed E-state index contributed by atoms with van der Waals surface area (Å²) >= 11 is 0. The number of benzene rings is 3. The number of quaternary nitrogens is 1. The maximum absolute atomic E-state index is 12.5. The van der Waals surface area contributed by atoms with Gasteiger partial charge in [0.1, 0.15) is 29.7 Å². The Morgan fingerprint density at radius 3 is 2.45 bits per heavy atom. The third-order valence-corrected chi connectivity index (χ3v) is 6.15. The molecular formula is C25H24NO3+. The van der Waals surface area contributed by atoms with Crippen LogP contribution in [0.15, 0.2) is 59.0 Å². The highest BCUT2D eigenvalue weighted by atomic mass is 16.5. The number of Topliss-reactive ketones (excluding diaryl/α,β-unsaturated/α-hetero) is 1. The highest BCUT2D eigenvalue weighted by Gasteiger charge is 2.32. The van der Waals surface area contributed by atoms with E-state index in [1.807, 2.05) is 31.2 Å². The molecule has 4 heteroatoms. The number of furan rings is 1. The largest absolute Gasteiger partial charge is 0.460 e. The molecule has 0 fully saturated rings. The van der Waals surface area contributed by atoms with E-state index in [4.69, 9.17) is 9.15 Å². The summed E-state index contributed by atoms with van der Waals surface area (Å²) in [6, 6.07) is 18.9. The summed E-state index contributed by atoms with van der Waals surface area (Å²) in [5.74, 6) is 1.59. The number of rotatable bonds is 3. The number of carbonyl (C=O) groups excluding carboxylic acids is 1. The van der Waals surface area contributed by atoms with Crippen molar-refractivity contribution in [3.05, 3.63) is 77.0 Å². The number of ether oxygens (including phenoxy) is 1. The molecule has 1 aromatic heterocycles. The van der Waals surface area contributed by atoms with E-state index in [-0.39, 0.29) is 11.8 Å². The van der Waals surface area contributed by atoms with Gasteiger partial charge in [0.15, 0.2) is 5.78 Å². The molecule has 1 aliphatic rings. The Kier molecular flexibility index (Phi) is 4.18. The molecule has 4 nitrogen and oxygen atoms in total. The van der Waals surface area contributed by atoms with Gasteiger partial charge in [0.25, 0.3) is 0 Å². The predicted molar refractivity (Wildman–Crippen MR) is 113 cm³/mol. The molecule has 5 rings (SSSR count). The van der Waals surface area contributed by atoms with Crippen LogP contribution < -0.4 is 9.64 Å². The van der Waals surface area contributed by atoms with Gasteiger partial charge in [-0.2, -0.15) is 0 Å². The third-order valence-electron chi connectivity index (χ3n) is 6.15. The van der Waals surface area contributed by atoms with Gasteiger partial charge in [-0.25, -0.2) is 0 Å². The van der Waals surface area contributed by atoms with Crippen molar-refractivity contribution in [3.8, 4) is 5.75 Å². The first-order valence-corrected chi connectivity index (χ1v) is 10.1. The van der Waals surface area contributed by atoms with Crippen molar-refractivity contribution in [1.29, 1.82) is 0 Å². The lowest BCUT2D eigenvalue weighted by Crippen LogP contribution is -3.12. The van der Waals surface area contributed by atoms with E-state index in [1.165, 1.54) is 10.5 Å². The topological polar surface area (TPSA) is 43.9 Å². The summed E-state index contributed by atoms with van der Waals surface area (Å²) in [6.07, 6.45) is 0. The molecule has 2 atom stereocenters. The molecule has 2 heterocycles. The van der Waals surface area contributed by atoms with Gasteiger partial charge >= 0.3 is 0 Å². The average Bonchev–Trinajstić information content (AvgIpc) is 3.11. The number of carbonyl (C=O) groups is 1. The van der Waals surface area contributed by atoms with E-state index in [0.29, 0.717) is 18.1 Å². The minimum Gasteiger partial charge on any atom is -0.460 e. The Hall–Kier alpha value is -3.11. The molecular weight excluding hydrogens is 362 g/mol. The average molecular weight is 386 g/mol. The van der Waals surface area contributed by atoms with Gasteiger partial charge in [-0.1, -0.05) is 54.6 Å². The fraction of sp³-hybridized carbons (Fsp3) is 0.240. The normalized spacial score (nSPS) is 17.1. The zero-order valence-corrected chi connectivity index (χ0v) is 16.9. The molecule has 0 amide bonds. The minimum atomic E-state index is 0.0296. The number of hydrogen-bond acceptors (Lipinski definition) is 3. The highest BCUT2D eigenvalue weighted by molar-refractivity contribution is 6.17. The fourth-order valence-corrected chi connectivity index (χ4v) is 4.63. The Morgan fingerprint density at radius 1 is 1.03 bits per heavy atom. The number of nitrogens with one attached hydrogen (secondary N) is 1. The maximum atomic E-state index is 12.5. The Bertz CT molecular complexity index is 1240. The Balaban J connectivity index is 1.73. The lowest BCUT2D eigenvalue weighted by atomic mass is 9.95. The maximum Gasteiger partial charge on any atom is 0.223 e. The summed E-state index contributed by atoms with van der Waals surface area (Å²) in [6.45, 7) is 7.08. The molecule has 2 unspecified atom stereocenters. The second-order valence-electron chi connectivity index (χ2n) is 7.90. The molecule has 29 heavy (non-hydrogen) atoms. The van der Waals surface area contributed by atoms with Crippen molar-refractivity contribution >= 4 is 27.5 Å². The predicted octanol–water partition coefficient (Wildman–Crippen LogP) is 4.59. The number of hydrogen-bond donors (Lipinski definition) is 1. The lowest BCUT2D eigenvalue weighted by Gasteiger charge is -2.32. The number of aryl methyl sites for hydroxylation is 1. The highest BCUT2D eigenvalue weighted by Crippen LogP contribution is 2.42. The van der Waals surface area contributed by atoms with Crippen molar-refractivity contribution in [2.45, 2.75) is 33.4 Å². The smallest absolute Gasteiger partial charge is 0.223 e. The first-order valence-electron chi connectivity index (χ1n) is 10.1. The van der Waals surface area contributed by atoms with E-state index in [1.54, 1.807) is 6.92 Å². The number of fused-ring (bicyclic) bond motifs is 6. The monoisotopic (exact) mass is 386 g/mol. The first-order chi connectivity index (χ1) is 14.1. The first kappa shape index (κ1) is 18.0. The molecule has 1 aliphatic heterocycles. The van der Waals surface area contributed by atoms with Gasteiger partial charge in [0, 0.05) is 21.7 Å². The van der Waals surface area contributed by atoms with Crippen molar-refractivity contribution in [2.24, 2.45) is 0 Å². The summed E-state index contributed by atoms with van der Waals surface area (Å²) in [4.78, 5) is 13.8. The van der Waals surface area contributed by atoms with Gasteiger partial charge in [-0.05, 0) is 20.8 Å². The van der Waals surface area contributed by atoms with Crippen LogP contribution in [0.4, 0.5) is 0 Å². The quantitative estimate of drug-likeness (QED) is 0.524. The van der Waals surface area contributed by atoms with Crippen LogP contribution in [0, 0.1) is 6.92 Å². The Labute approximate surface area is 169 Å². The lowest BCUT2D eigenvalue weighted by molar-refractivity contribution is -0.960. The molecule has 4 aromatic rings. The standard InChI is InChI=1S/C25H23NO3/c1-15(18-9-5-4-6-10-18)26-13-21-23-22(16(2)27)17(3)29-25(23)20-12-8-7-11-19(20)24(21)28-14-26/h4-12,15H,13-14H2,1-3H3/p+1. The molecule has 0 saturated carbocycles. The van der Waals surface area contributed by atoms with E-state index < -0.39 is 0 Å². The molecule has 1 N–H and O–H groups in total. The van der Waals surface area contributed by atoms with E-state index in [2.05, 4.69) is 37.3 Å². The van der Waals surface area contributed by atoms with Gasteiger partial charge in [-0.15, -0.1) is 0 Å². The summed E-state index contributed by atoms with van der Waals surface area (Å²) in [5.41, 5.74) is 3.82. The van der Waals surface area contributed by atoms with Gasteiger partial charge in [-0.3, -0.25) is 9.69 Å². The van der Waals surface area contributed by atoms with E-state index in [9.17, 15) is 4.79 Å². The van der Waals surface area contributed by atoms with Gasteiger partial charge in [0.05, 0.1) is 11.1 Å². The van der Waals surface area contributed by atoms with Crippen LogP contribution in [0.2, 0.25) is 0 Å². The van der Waals surface area contributed by atoms with Crippen LogP contribution >= 0.6 is 0 Å². The van der Waals surface area contributed by atoms with Crippen molar-refractivity contribution in [3.63, 3.8) is 0 Å². The van der Waals surface area contributed by atoms with Crippen molar-refractivity contribution in [1.82, 2.24) is 0 Å². The zero-order chi connectivity index (χ0) is 20.1. The van der Waals surface area contributed by atoms with Crippen LogP contribution in [-0.4, -0.2) is 12.5 Å². The molecule has 3 aromatic carbocycles.